The quantitative estimate of drug-likeness (QED) is 0.152. The highest BCUT2D eigenvalue weighted by Gasteiger charge is 2.46. The number of fused-ring (bicyclic) bond motifs is 6. The van der Waals surface area contributed by atoms with Crippen molar-refractivity contribution in [1.82, 2.24) is 9.97 Å². The highest BCUT2D eigenvalue weighted by atomic mass is 32.1. The Bertz CT molecular complexity index is 3800. The number of hydrogen-bond donors (Lipinski definition) is 0. The summed E-state index contributed by atoms with van der Waals surface area (Å²) in [5.74, 6) is 0.685. The molecule has 0 radical (unpaired) electrons. The molecule has 1 aliphatic carbocycles. The Labute approximate surface area is 400 Å². The smallest absolute Gasteiger partial charge is 0.160 e. The summed E-state index contributed by atoms with van der Waals surface area (Å²) in [5.41, 5.74) is 18.8. The minimum absolute atomic E-state index is 0.483. The maximum Gasteiger partial charge on any atom is 0.160 e. The molecular formula is C65H42N2S. The molecule has 0 atom stereocenters. The standard InChI is InChI=1S/C65H42N2S/c1-5-20-43(21-6-1)51-28-13-14-29-52(51)46-38-47(53-32-19-33-56-55-31-16-18-35-62(55)68-63(53)56)40-48(39-46)61-42-60(66-64(67-61)44-22-7-2-8-23-44)45-36-37-59-57(41-45)54-30-15-17-34-58(54)65(59,49-24-9-3-10-25-49)50-26-11-4-12-27-50/h1-42H. The third kappa shape index (κ3) is 6.54. The summed E-state index contributed by atoms with van der Waals surface area (Å²) >= 11 is 1.86. The maximum absolute atomic E-state index is 5.45. The molecule has 2 nitrogen and oxygen atoms in total. The lowest BCUT2D eigenvalue weighted by molar-refractivity contribution is 0.768. The molecule has 0 bridgehead atoms. The zero-order valence-corrected chi connectivity index (χ0v) is 37.9. The Hall–Kier alpha value is -8.50. The largest absolute Gasteiger partial charge is 0.228 e. The molecule has 2 aromatic heterocycles. The summed E-state index contributed by atoms with van der Waals surface area (Å²) < 4.78 is 2.57. The molecule has 1 aliphatic rings. The van der Waals surface area contributed by atoms with Crippen LogP contribution in [0.25, 0.3) is 98.6 Å². The zero-order chi connectivity index (χ0) is 45.0. The van der Waals surface area contributed by atoms with Gasteiger partial charge in [0.05, 0.1) is 16.8 Å². The average Bonchev–Trinajstić information content (AvgIpc) is 3.95. The van der Waals surface area contributed by atoms with E-state index in [9.17, 15) is 0 Å². The Morgan fingerprint density at radius 1 is 0.294 bits per heavy atom. The van der Waals surface area contributed by atoms with Gasteiger partial charge in [0.1, 0.15) is 0 Å². The van der Waals surface area contributed by atoms with Gasteiger partial charge in [-0.2, -0.15) is 0 Å². The van der Waals surface area contributed by atoms with Gasteiger partial charge in [0.25, 0.3) is 0 Å². The van der Waals surface area contributed by atoms with Crippen molar-refractivity contribution in [3.05, 3.63) is 277 Å². The van der Waals surface area contributed by atoms with Crippen molar-refractivity contribution in [2.75, 3.05) is 0 Å². The van der Waals surface area contributed by atoms with Crippen LogP contribution in [0.2, 0.25) is 0 Å². The third-order valence-electron chi connectivity index (χ3n) is 13.8. The van der Waals surface area contributed by atoms with Gasteiger partial charge in [0.2, 0.25) is 0 Å². The van der Waals surface area contributed by atoms with Crippen LogP contribution in [0.5, 0.6) is 0 Å². The predicted octanol–water partition coefficient (Wildman–Crippen LogP) is 17.2. The molecule has 0 saturated heterocycles. The lowest BCUT2D eigenvalue weighted by Gasteiger charge is -2.33. The van der Waals surface area contributed by atoms with Gasteiger partial charge in [-0.05, 0) is 103 Å². The van der Waals surface area contributed by atoms with Crippen molar-refractivity contribution in [2.24, 2.45) is 0 Å². The number of benzene rings is 10. The molecule has 0 aliphatic heterocycles. The zero-order valence-electron chi connectivity index (χ0n) is 37.1. The minimum atomic E-state index is -0.483. The summed E-state index contributed by atoms with van der Waals surface area (Å²) in [7, 11) is 0. The molecule has 0 fully saturated rings. The van der Waals surface area contributed by atoms with E-state index in [0.29, 0.717) is 5.82 Å². The van der Waals surface area contributed by atoms with Gasteiger partial charge in [-0.15, -0.1) is 11.3 Å². The molecule has 0 unspecified atom stereocenters. The van der Waals surface area contributed by atoms with Crippen LogP contribution in [-0.4, -0.2) is 9.97 Å². The lowest BCUT2D eigenvalue weighted by atomic mass is 9.67. The van der Waals surface area contributed by atoms with Crippen LogP contribution in [0.4, 0.5) is 0 Å². The molecule has 3 heteroatoms. The number of thiophene rings is 1. The molecule has 68 heavy (non-hydrogen) atoms. The van der Waals surface area contributed by atoms with Crippen LogP contribution in [-0.2, 0) is 5.41 Å². The second-order valence-corrected chi connectivity index (χ2v) is 18.7. The molecule has 0 spiro atoms. The Morgan fingerprint density at radius 3 is 1.50 bits per heavy atom. The average molecular weight is 883 g/mol. The van der Waals surface area contributed by atoms with E-state index in [0.717, 1.165) is 39.2 Å². The topological polar surface area (TPSA) is 25.8 Å². The predicted molar refractivity (Wildman–Crippen MR) is 285 cm³/mol. The van der Waals surface area contributed by atoms with E-state index in [1.807, 2.05) is 17.4 Å². The molecule has 2 heterocycles. The highest BCUT2D eigenvalue weighted by Crippen LogP contribution is 2.56. The van der Waals surface area contributed by atoms with E-state index in [2.05, 4.69) is 249 Å². The number of hydrogen-bond acceptors (Lipinski definition) is 3. The van der Waals surface area contributed by atoms with E-state index in [4.69, 9.17) is 9.97 Å². The van der Waals surface area contributed by atoms with E-state index >= 15 is 0 Å². The second-order valence-electron chi connectivity index (χ2n) is 17.6. The summed E-state index contributed by atoms with van der Waals surface area (Å²) in [6.45, 7) is 0. The summed E-state index contributed by atoms with van der Waals surface area (Å²) in [4.78, 5) is 10.9. The number of nitrogens with zero attached hydrogens (tertiary/aromatic N) is 2. The molecule has 13 rings (SSSR count). The summed E-state index contributed by atoms with van der Waals surface area (Å²) in [6, 6.07) is 92.4. The molecule has 0 amide bonds. The first kappa shape index (κ1) is 39.8. The van der Waals surface area contributed by atoms with Crippen molar-refractivity contribution < 1.29 is 0 Å². The maximum atomic E-state index is 5.45. The third-order valence-corrected chi connectivity index (χ3v) is 15.0. The van der Waals surface area contributed by atoms with Gasteiger partial charge in [-0.25, -0.2) is 9.97 Å². The monoisotopic (exact) mass is 882 g/mol. The van der Waals surface area contributed by atoms with Gasteiger partial charge < -0.3 is 0 Å². The van der Waals surface area contributed by atoms with E-state index < -0.39 is 5.41 Å². The highest BCUT2D eigenvalue weighted by molar-refractivity contribution is 7.26. The van der Waals surface area contributed by atoms with Crippen LogP contribution in [0, 0.1) is 0 Å². The summed E-state index contributed by atoms with van der Waals surface area (Å²) in [5, 5.41) is 2.56. The molecule has 10 aromatic carbocycles. The fraction of sp³-hybridized carbons (Fsp3) is 0.0154. The van der Waals surface area contributed by atoms with Gasteiger partial charge >= 0.3 is 0 Å². The van der Waals surface area contributed by atoms with Crippen LogP contribution in [0.15, 0.2) is 255 Å². The van der Waals surface area contributed by atoms with E-state index in [-0.39, 0.29) is 0 Å². The van der Waals surface area contributed by atoms with Gasteiger partial charge in [0.15, 0.2) is 5.82 Å². The lowest BCUT2D eigenvalue weighted by Crippen LogP contribution is -2.28. The van der Waals surface area contributed by atoms with Crippen molar-refractivity contribution in [1.29, 1.82) is 0 Å². The van der Waals surface area contributed by atoms with E-state index in [1.165, 1.54) is 75.8 Å². The van der Waals surface area contributed by atoms with Gasteiger partial charge in [-0.1, -0.05) is 218 Å². The van der Waals surface area contributed by atoms with Crippen molar-refractivity contribution >= 4 is 31.5 Å². The fourth-order valence-electron chi connectivity index (χ4n) is 10.7. The molecule has 318 valence electrons. The fourth-order valence-corrected chi connectivity index (χ4v) is 12.0. The molecule has 0 N–H and O–H groups in total. The normalized spacial score (nSPS) is 12.5. The molecule has 12 aromatic rings. The molecule has 0 saturated carbocycles. The van der Waals surface area contributed by atoms with E-state index in [1.54, 1.807) is 0 Å². The van der Waals surface area contributed by atoms with Crippen molar-refractivity contribution in [2.45, 2.75) is 5.41 Å². The second kappa shape index (κ2) is 16.4. The number of rotatable bonds is 8. The van der Waals surface area contributed by atoms with Crippen LogP contribution in [0.1, 0.15) is 22.3 Å². The van der Waals surface area contributed by atoms with Gasteiger partial charge in [-0.3, -0.25) is 0 Å². The Morgan fingerprint density at radius 2 is 0.794 bits per heavy atom. The first-order valence-electron chi connectivity index (χ1n) is 23.2. The van der Waals surface area contributed by atoms with Gasteiger partial charge in [0, 0.05) is 36.9 Å². The van der Waals surface area contributed by atoms with Crippen LogP contribution in [0.3, 0.4) is 0 Å². The van der Waals surface area contributed by atoms with Crippen LogP contribution >= 0.6 is 11.3 Å². The van der Waals surface area contributed by atoms with Crippen molar-refractivity contribution in [3.8, 4) is 78.4 Å². The summed E-state index contributed by atoms with van der Waals surface area (Å²) in [6.07, 6.45) is 0. The van der Waals surface area contributed by atoms with Crippen molar-refractivity contribution in [3.63, 3.8) is 0 Å². The van der Waals surface area contributed by atoms with Crippen LogP contribution < -0.4 is 0 Å². The Balaban J connectivity index is 1.04. The first-order valence-corrected chi connectivity index (χ1v) is 24.0. The number of aromatic nitrogens is 2. The first-order chi connectivity index (χ1) is 33.7. The molecular weight excluding hydrogens is 841 g/mol. The SMILES string of the molecule is c1ccc(-c2nc(-c3cc(-c4ccccc4-c4ccccc4)cc(-c4cccc5c4sc4ccccc45)c3)cc(-c3ccc4c(c3)-c3ccccc3C4(c3ccccc3)c3ccccc3)n2)cc1. The Kier molecular flexibility index (Phi) is 9.62. The minimum Gasteiger partial charge on any atom is -0.228 e.